The van der Waals surface area contributed by atoms with Crippen molar-refractivity contribution in [3.63, 3.8) is 0 Å². The van der Waals surface area contributed by atoms with Crippen molar-refractivity contribution in [1.29, 1.82) is 0 Å². The number of nitrogens with one attached hydrogen (secondary N) is 1. The minimum atomic E-state index is -0.487. The SMILES string of the molecule is O=C(/C=C/c1ccc(Cl)cc1Cl)Nc1ccccc1F. The van der Waals surface area contributed by atoms with Crippen LogP contribution in [0.3, 0.4) is 0 Å². The Hall–Kier alpha value is -1.84. The number of halogens is 3. The molecule has 1 N–H and O–H groups in total. The number of benzene rings is 2. The van der Waals surface area contributed by atoms with Gasteiger partial charge in [0.25, 0.3) is 0 Å². The highest BCUT2D eigenvalue weighted by Crippen LogP contribution is 2.22. The van der Waals surface area contributed by atoms with Crippen LogP contribution >= 0.6 is 23.2 Å². The second-order valence-electron chi connectivity index (χ2n) is 3.97. The number of carbonyl (C=O) groups is 1. The van der Waals surface area contributed by atoms with Crippen LogP contribution < -0.4 is 5.32 Å². The molecular weight excluding hydrogens is 300 g/mol. The second kappa shape index (κ2) is 6.55. The second-order valence-corrected chi connectivity index (χ2v) is 4.81. The van der Waals surface area contributed by atoms with Crippen LogP contribution in [0.1, 0.15) is 5.56 Å². The van der Waals surface area contributed by atoms with E-state index in [1.54, 1.807) is 30.3 Å². The van der Waals surface area contributed by atoms with Gasteiger partial charge < -0.3 is 5.32 Å². The lowest BCUT2D eigenvalue weighted by Crippen LogP contribution is -2.09. The molecule has 0 heterocycles. The summed E-state index contributed by atoms with van der Waals surface area (Å²) in [6, 6.07) is 10.9. The maximum atomic E-state index is 13.3. The van der Waals surface area contributed by atoms with Crippen molar-refractivity contribution in [2.24, 2.45) is 0 Å². The van der Waals surface area contributed by atoms with Crippen molar-refractivity contribution in [3.8, 4) is 0 Å². The Balaban J connectivity index is 2.08. The highest BCUT2D eigenvalue weighted by molar-refractivity contribution is 6.35. The first-order valence-corrected chi connectivity index (χ1v) is 6.50. The van der Waals surface area contributed by atoms with Gasteiger partial charge in [0.15, 0.2) is 0 Å². The molecule has 0 aromatic heterocycles. The van der Waals surface area contributed by atoms with E-state index in [1.807, 2.05) is 0 Å². The molecule has 0 unspecified atom stereocenters. The molecule has 0 aliphatic rings. The first kappa shape index (κ1) is 14.6. The van der Waals surface area contributed by atoms with Crippen LogP contribution in [0.4, 0.5) is 10.1 Å². The number of rotatable bonds is 3. The van der Waals surface area contributed by atoms with E-state index in [9.17, 15) is 9.18 Å². The summed E-state index contributed by atoms with van der Waals surface area (Å²) in [5.41, 5.74) is 0.782. The van der Waals surface area contributed by atoms with Gasteiger partial charge in [0.1, 0.15) is 5.82 Å². The standard InChI is InChI=1S/C15H10Cl2FNO/c16-11-7-5-10(12(17)9-11)6-8-15(20)19-14-4-2-1-3-13(14)18/h1-9H,(H,19,20)/b8-6+. The zero-order valence-corrected chi connectivity index (χ0v) is 11.8. The Labute approximate surface area is 125 Å². The smallest absolute Gasteiger partial charge is 0.248 e. The number of amides is 1. The van der Waals surface area contributed by atoms with Crippen molar-refractivity contribution in [3.05, 3.63) is 70.0 Å². The fraction of sp³-hybridized carbons (Fsp3) is 0. The Bertz CT molecular complexity index is 671. The minimum Gasteiger partial charge on any atom is -0.320 e. The molecule has 0 radical (unpaired) electrons. The van der Waals surface area contributed by atoms with E-state index < -0.39 is 11.7 Å². The third kappa shape index (κ3) is 3.83. The van der Waals surface area contributed by atoms with Crippen molar-refractivity contribution >= 4 is 40.9 Å². The maximum Gasteiger partial charge on any atom is 0.248 e. The average molecular weight is 310 g/mol. The molecule has 102 valence electrons. The van der Waals surface area contributed by atoms with Crippen LogP contribution in [-0.2, 0) is 4.79 Å². The van der Waals surface area contributed by atoms with Gasteiger partial charge in [-0.25, -0.2) is 4.39 Å². The number of anilines is 1. The van der Waals surface area contributed by atoms with Gasteiger partial charge in [0.05, 0.1) is 5.69 Å². The molecular formula is C15H10Cl2FNO. The van der Waals surface area contributed by atoms with Crippen molar-refractivity contribution < 1.29 is 9.18 Å². The largest absolute Gasteiger partial charge is 0.320 e. The highest BCUT2D eigenvalue weighted by Gasteiger charge is 2.03. The summed E-state index contributed by atoms with van der Waals surface area (Å²) < 4.78 is 13.3. The van der Waals surface area contributed by atoms with Gasteiger partial charge in [0.2, 0.25) is 5.91 Å². The van der Waals surface area contributed by atoms with E-state index in [0.29, 0.717) is 15.6 Å². The quantitative estimate of drug-likeness (QED) is 0.812. The van der Waals surface area contributed by atoms with Crippen molar-refractivity contribution in [1.82, 2.24) is 0 Å². The van der Waals surface area contributed by atoms with Gasteiger partial charge in [-0.2, -0.15) is 0 Å². The van der Waals surface area contributed by atoms with E-state index in [4.69, 9.17) is 23.2 Å². The molecule has 0 aliphatic heterocycles. The maximum absolute atomic E-state index is 13.3. The molecule has 0 fully saturated rings. The summed E-state index contributed by atoms with van der Waals surface area (Å²) in [4.78, 5) is 11.7. The molecule has 2 aromatic rings. The molecule has 0 aliphatic carbocycles. The zero-order chi connectivity index (χ0) is 14.5. The lowest BCUT2D eigenvalue weighted by atomic mass is 10.2. The fourth-order valence-corrected chi connectivity index (χ4v) is 2.01. The van der Waals surface area contributed by atoms with Crippen LogP contribution in [0.25, 0.3) is 6.08 Å². The van der Waals surface area contributed by atoms with Gasteiger partial charge in [0, 0.05) is 16.1 Å². The van der Waals surface area contributed by atoms with E-state index in [1.165, 1.54) is 24.3 Å². The summed E-state index contributed by atoms with van der Waals surface area (Å²) in [6.07, 6.45) is 2.82. The van der Waals surface area contributed by atoms with Gasteiger partial charge >= 0.3 is 0 Å². The molecule has 2 rings (SSSR count). The van der Waals surface area contributed by atoms with Gasteiger partial charge in [-0.05, 0) is 35.9 Å². The topological polar surface area (TPSA) is 29.1 Å². The molecule has 0 spiro atoms. The van der Waals surface area contributed by atoms with E-state index in [0.717, 1.165) is 0 Å². The third-order valence-corrected chi connectivity index (χ3v) is 3.07. The third-order valence-electron chi connectivity index (χ3n) is 2.51. The first-order valence-electron chi connectivity index (χ1n) is 5.75. The van der Waals surface area contributed by atoms with Crippen LogP contribution in [0.2, 0.25) is 10.0 Å². The molecule has 20 heavy (non-hydrogen) atoms. The Morgan fingerprint density at radius 2 is 1.90 bits per heavy atom. The molecule has 0 saturated heterocycles. The molecule has 1 amide bonds. The zero-order valence-electron chi connectivity index (χ0n) is 10.2. The predicted octanol–water partition coefficient (Wildman–Crippen LogP) is 4.78. The predicted molar refractivity (Wildman–Crippen MR) is 80.5 cm³/mol. The Kier molecular flexibility index (Phi) is 4.77. The Morgan fingerprint density at radius 3 is 2.60 bits per heavy atom. The fourth-order valence-electron chi connectivity index (χ4n) is 1.54. The summed E-state index contributed by atoms with van der Waals surface area (Å²) in [7, 11) is 0. The monoisotopic (exact) mass is 309 g/mol. The van der Waals surface area contributed by atoms with Crippen molar-refractivity contribution in [2.45, 2.75) is 0 Å². The molecule has 2 aromatic carbocycles. The van der Waals surface area contributed by atoms with Gasteiger partial charge in [-0.15, -0.1) is 0 Å². The molecule has 0 saturated carbocycles. The van der Waals surface area contributed by atoms with Crippen LogP contribution in [0, 0.1) is 5.82 Å². The minimum absolute atomic E-state index is 0.129. The normalized spacial score (nSPS) is 10.8. The van der Waals surface area contributed by atoms with Crippen LogP contribution in [0.5, 0.6) is 0 Å². The molecule has 5 heteroatoms. The number of hydrogen-bond acceptors (Lipinski definition) is 1. The Morgan fingerprint density at radius 1 is 1.15 bits per heavy atom. The number of para-hydroxylation sites is 1. The summed E-state index contributed by atoms with van der Waals surface area (Å²) in [6.45, 7) is 0. The van der Waals surface area contributed by atoms with Crippen LogP contribution in [0.15, 0.2) is 48.5 Å². The average Bonchev–Trinajstić information content (AvgIpc) is 2.40. The molecule has 0 bridgehead atoms. The lowest BCUT2D eigenvalue weighted by molar-refractivity contribution is -0.111. The number of carbonyl (C=O) groups excluding carboxylic acids is 1. The van der Waals surface area contributed by atoms with Crippen LogP contribution in [-0.4, -0.2) is 5.91 Å². The van der Waals surface area contributed by atoms with Gasteiger partial charge in [-0.1, -0.05) is 41.4 Å². The molecule has 0 atom stereocenters. The van der Waals surface area contributed by atoms with Crippen molar-refractivity contribution in [2.75, 3.05) is 5.32 Å². The van der Waals surface area contributed by atoms with E-state index in [-0.39, 0.29) is 5.69 Å². The summed E-state index contributed by atoms with van der Waals surface area (Å²) >= 11 is 11.7. The lowest BCUT2D eigenvalue weighted by Gasteiger charge is -2.03. The first-order chi connectivity index (χ1) is 9.56. The highest BCUT2D eigenvalue weighted by atomic mass is 35.5. The van der Waals surface area contributed by atoms with E-state index >= 15 is 0 Å². The van der Waals surface area contributed by atoms with E-state index in [2.05, 4.69) is 5.32 Å². The number of hydrogen-bond donors (Lipinski definition) is 1. The summed E-state index contributed by atoms with van der Waals surface area (Å²) in [5.74, 6) is -0.931. The summed E-state index contributed by atoms with van der Waals surface area (Å²) in [5, 5.41) is 3.40. The molecule has 2 nitrogen and oxygen atoms in total. The van der Waals surface area contributed by atoms with Gasteiger partial charge in [-0.3, -0.25) is 4.79 Å².